The summed E-state index contributed by atoms with van der Waals surface area (Å²) in [7, 11) is 3.21. The summed E-state index contributed by atoms with van der Waals surface area (Å²) < 4.78 is 10.8. The first-order valence-corrected chi connectivity index (χ1v) is 13.6. The molecule has 0 fully saturated rings. The van der Waals surface area contributed by atoms with E-state index in [-0.39, 0.29) is 29.9 Å². The molecule has 8 heteroatoms. The first-order valence-electron chi connectivity index (χ1n) is 12.7. The quantitative estimate of drug-likeness (QED) is 0.276. The number of methoxy groups -OCH3 is 2. The van der Waals surface area contributed by atoms with Crippen molar-refractivity contribution in [2.45, 2.75) is 25.9 Å². The Kier molecular flexibility index (Phi) is 7.56. The highest BCUT2D eigenvalue weighted by atomic mass is 32.1. The van der Waals surface area contributed by atoms with Crippen molar-refractivity contribution >= 4 is 34.6 Å². The lowest BCUT2D eigenvalue weighted by atomic mass is 9.79. The highest BCUT2D eigenvalue weighted by molar-refractivity contribution is 7.13. The van der Waals surface area contributed by atoms with Crippen molar-refractivity contribution in [3.8, 4) is 11.5 Å². The number of carbonyl (C=O) groups excluding carboxylic acids is 2. The maximum absolute atomic E-state index is 14.0. The number of aryl methyl sites for hydroxylation is 1. The Balaban J connectivity index is 1.59. The Morgan fingerprint density at radius 1 is 0.872 bits per heavy atom. The zero-order valence-corrected chi connectivity index (χ0v) is 23.1. The van der Waals surface area contributed by atoms with Gasteiger partial charge in [-0.15, -0.1) is 11.3 Å². The number of nitrogens with zero attached hydrogens (tertiary/aromatic N) is 1. The van der Waals surface area contributed by atoms with E-state index in [1.165, 1.54) is 11.3 Å². The number of thiophene rings is 1. The van der Waals surface area contributed by atoms with Crippen molar-refractivity contribution in [1.82, 2.24) is 5.32 Å². The molecule has 0 unspecified atom stereocenters. The molecule has 3 atom stereocenters. The molecule has 0 radical (unpaired) electrons. The average molecular weight is 542 g/mol. The maximum Gasteiger partial charge on any atom is 0.326 e. The molecule has 0 saturated carbocycles. The second-order valence-corrected chi connectivity index (χ2v) is 10.8. The fourth-order valence-corrected chi connectivity index (χ4v) is 5.92. The third-order valence-electron chi connectivity index (χ3n) is 7.08. The second kappa shape index (κ2) is 11.2. The van der Waals surface area contributed by atoms with Crippen LogP contribution in [0.5, 0.6) is 11.5 Å². The zero-order valence-electron chi connectivity index (χ0n) is 22.3. The number of nitrogens with one attached hydrogen (secondary N) is 2. The van der Waals surface area contributed by atoms with E-state index >= 15 is 0 Å². The summed E-state index contributed by atoms with van der Waals surface area (Å²) in [6.07, 6.45) is 0. The summed E-state index contributed by atoms with van der Waals surface area (Å²) >= 11 is 1.46. The van der Waals surface area contributed by atoms with Crippen LogP contribution in [0.4, 0.5) is 16.2 Å². The SMILES string of the molecule is COc1ccc(NC(=O)N2c3ccc(OC)cc3[C@@H](NC(=O)c3ccc(C)s3)[C@H](C)[C@H]2c2ccccc2)cc1. The molecule has 1 aliphatic rings. The first-order chi connectivity index (χ1) is 18.9. The number of fused-ring (bicyclic) bond motifs is 1. The van der Waals surface area contributed by atoms with Gasteiger partial charge < -0.3 is 20.1 Å². The Bertz CT molecular complexity index is 1470. The van der Waals surface area contributed by atoms with Crippen LogP contribution in [0.3, 0.4) is 0 Å². The summed E-state index contributed by atoms with van der Waals surface area (Å²) in [5, 5.41) is 6.32. The Morgan fingerprint density at radius 3 is 2.21 bits per heavy atom. The number of benzene rings is 3. The van der Waals surface area contributed by atoms with Gasteiger partial charge in [0.2, 0.25) is 0 Å². The molecule has 3 aromatic carbocycles. The minimum atomic E-state index is -0.361. The molecule has 2 N–H and O–H groups in total. The normalized spacial score (nSPS) is 18.2. The fraction of sp³-hybridized carbons (Fsp3) is 0.226. The Labute approximate surface area is 232 Å². The average Bonchev–Trinajstić information content (AvgIpc) is 3.41. The number of anilines is 2. The standard InChI is InChI=1S/C31H31N3O4S/c1-19-10-17-27(39-19)30(35)33-28-20(2)29(21-8-6-5-7-9-21)34(26-16-15-24(38-4)18-25(26)28)31(36)32-22-11-13-23(37-3)14-12-22/h5-18,20,28-29H,1-4H3,(H,32,36)(H,33,35)/t20-,28-,29-/m0/s1. The summed E-state index contributed by atoms with van der Waals surface area (Å²) in [6, 6.07) is 25.6. The van der Waals surface area contributed by atoms with E-state index in [0.29, 0.717) is 27.8 Å². The molecule has 4 aromatic rings. The molecular formula is C31H31N3O4S. The minimum absolute atomic E-state index is 0.137. The molecule has 3 amide bonds. The molecule has 200 valence electrons. The van der Waals surface area contributed by atoms with E-state index in [9.17, 15) is 9.59 Å². The predicted octanol–water partition coefficient (Wildman–Crippen LogP) is 6.97. The van der Waals surface area contributed by atoms with Gasteiger partial charge in [-0.05, 0) is 67.1 Å². The molecule has 0 bridgehead atoms. The van der Waals surface area contributed by atoms with Crippen LogP contribution in [-0.4, -0.2) is 26.2 Å². The van der Waals surface area contributed by atoms with Gasteiger partial charge in [-0.2, -0.15) is 0 Å². The summed E-state index contributed by atoms with van der Waals surface area (Å²) in [6.45, 7) is 4.05. The van der Waals surface area contributed by atoms with Crippen LogP contribution in [0.25, 0.3) is 0 Å². The van der Waals surface area contributed by atoms with Gasteiger partial charge >= 0.3 is 6.03 Å². The topological polar surface area (TPSA) is 79.9 Å². The number of ether oxygens (including phenoxy) is 2. The molecule has 2 heterocycles. The van der Waals surface area contributed by atoms with E-state index in [1.807, 2.05) is 79.7 Å². The van der Waals surface area contributed by atoms with E-state index in [2.05, 4.69) is 17.6 Å². The van der Waals surface area contributed by atoms with Crippen molar-refractivity contribution < 1.29 is 19.1 Å². The van der Waals surface area contributed by atoms with Crippen molar-refractivity contribution in [2.24, 2.45) is 5.92 Å². The lowest BCUT2D eigenvalue weighted by molar-refractivity contribution is 0.0920. The van der Waals surface area contributed by atoms with Crippen molar-refractivity contribution in [2.75, 3.05) is 24.4 Å². The molecule has 1 aliphatic heterocycles. The molecule has 1 aromatic heterocycles. The van der Waals surface area contributed by atoms with E-state index in [0.717, 1.165) is 16.0 Å². The number of hydrogen-bond acceptors (Lipinski definition) is 5. The molecule has 7 nitrogen and oxygen atoms in total. The van der Waals surface area contributed by atoms with Crippen LogP contribution in [0.15, 0.2) is 84.9 Å². The highest BCUT2D eigenvalue weighted by Crippen LogP contribution is 2.48. The number of urea groups is 1. The van der Waals surface area contributed by atoms with Crippen molar-refractivity contribution in [3.05, 3.63) is 106 Å². The van der Waals surface area contributed by atoms with Crippen LogP contribution in [-0.2, 0) is 0 Å². The van der Waals surface area contributed by atoms with Gasteiger partial charge in [0, 0.05) is 22.0 Å². The molecule has 0 aliphatic carbocycles. The minimum Gasteiger partial charge on any atom is -0.497 e. The Hall–Kier alpha value is -4.30. The summed E-state index contributed by atoms with van der Waals surface area (Å²) in [4.78, 5) is 30.9. The van der Waals surface area contributed by atoms with Gasteiger partial charge in [-0.25, -0.2) is 4.79 Å². The van der Waals surface area contributed by atoms with E-state index in [1.54, 1.807) is 31.3 Å². The van der Waals surface area contributed by atoms with Gasteiger partial charge in [0.25, 0.3) is 5.91 Å². The number of carbonyl (C=O) groups is 2. The van der Waals surface area contributed by atoms with Gasteiger partial charge in [-0.1, -0.05) is 37.3 Å². The summed E-state index contributed by atoms with van der Waals surface area (Å²) in [5.74, 6) is 1.06. The molecule has 5 rings (SSSR count). The van der Waals surface area contributed by atoms with Crippen LogP contribution < -0.4 is 25.0 Å². The molecular weight excluding hydrogens is 510 g/mol. The lowest BCUT2D eigenvalue weighted by Crippen LogP contribution is -2.49. The van der Waals surface area contributed by atoms with Crippen LogP contribution in [0.2, 0.25) is 0 Å². The fourth-order valence-electron chi connectivity index (χ4n) is 5.15. The van der Waals surface area contributed by atoms with Crippen LogP contribution in [0.1, 0.15) is 44.7 Å². The van der Waals surface area contributed by atoms with Crippen molar-refractivity contribution in [3.63, 3.8) is 0 Å². The number of rotatable bonds is 6. The smallest absolute Gasteiger partial charge is 0.326 e. The van der Waals surface area contributed by atoms with Crippen LogP contribution >= 0.6 is 11.3 Å². The molecule has 39 heavy (non-hydrogen) atoms. The third-order valence-corrected chi connectivity index (χ3v) is 8.08. The lowest BCUT2D eigenvalue weighted by Gasteiger charge is -2.45. The highest BCUT2D eigenvalue weighted by Gasteiger charge is 2.43. The monoisotopic (exact) mass is 541 g/mol. The third kappa shape index (κ3) is 5.33. The van der Waals surface area contributed by atoms with E-state index < -0.39 is 0 Å². The van der Waals surface area contributed by atoms with E-state index in [4.69, 9.17) is 9.47 Å². The maximum atomic E-state index is 14.0. The number of amides is 3. The van der Waals surface area contributed by atoms with Gasteiger partial charge in [0.15, 0.2) is 0 Å². The Morgan fingerprint density at radius 2 is 1.56 bits per heavy atom. The second-order valence-electron chi connectivity index (χ2n) is 9.53. The number of hydrogen-bond donors (Lipinski definition) is 2. The zero-order chi connectivity index (χ0) is 27.5. The summed E-state index contributed by atoms with van der Waals surface area (Å²) in [5.41, 5.74) is 3.16. The van der Waals surface area contributed by atoms with Gasteiger partial charge in [0.05, 0.1) is 36.9 Å². The first kappa shape index (κ1) is 26.3. The van der Waals surface area contributed by atoms with Gasteiger partial charge in [0.1, 0.15) is 11.5 Å². The predicted molar refractivity (Wildman–Crippen MR) is 155 cm³/mol. The molecule has 0 saturated heterocycles. The van der Waals surface area contributed by atoms with Crippen molar-refractivity contribution in [1.29, 1.82) is 0 Å². The molecule has 0 spiro atoms. The largest absolute Gasteiger partial charge is 0.497 e. The van der Waals surface area contributed by atoms with Gasteiger partial charge in [-0.3, -0.25) is 9.69 Å². The van der Waals surface area contributed by atoms with Crippen LogP contribution in [0, 0.1) is 12.8 Å².